The Balaban J connectivity index is 1.60. The molecule has 0 aliphatic heterocycles. The first-order chi connectivity index (χ1) is 13.7. The molecule has 1 amide bonds. The number of anilines is 1. The number of hydrogen-bond acceptors (Lipinski definition) is 4. The molecule has 0 bridgehead atoms. The topological polar surface area (TPSA) is 84.5 Å². The molecule has 1 fully saturated rings. The lowest BCUT2D eigenvalue weighted by Crippen LogP contribution is -2.32. The molecule has 2 aromatic rings. The summed E-state index contributed by atoms with van der Waals surface area (Å²) in [6.45, 7) is -0.328. The minimum absolute atomic E-state index is 0.0434. The monoisotopic (exact) mass is 476 g/mol. The molecule has 0 unspecified atom stereocenters. The number of carbonyl (C=O) groups is 1. The quantitative estimate of drug-likeness (QED) is 0.595. The van der Waals surface area contributed by atoms with Gasteiger partial charge in [0.15, 0.2) is 6.61 Å². The number of nitrogens with one attached hydrogen (secondary N) is 2. The lowest BCUT2D eigenvalue weighted by atomic mass is 10.3. The molecular formula is C19H19Cl3N2O4S. The van der Waals surface area contributed by atoms with Gasteiger partial charge in [-0.15, -0.1) is 0 Å². The van der Waals surface area contributed by atoms with Crippen LogP contribution >= 0.6 is 34.8 Å². The molecule has 0 spiro atoms. The molecular weight excluding hydrogens is 459 g/mol. The second-order valence-corrected chi connectivity index (χ2v) is 9.62. The van der Waals surface area contributed by atoms with E-state index in [9.17, 15) is 13.2 Å². The summed E-state index contributed by atoms with van der Waals surface area (Å²) >= 11 is 18.0. The van der Waals surface area contributed by atoms with Gasteiger partial charge in [0.25, 0.3) is 5.91 Å². The van der Waals surface area contributed by atoms with Crippen molar-refractivity contribution in [2.45, 2.75) is 36.6 Å². The Labute approximate surface area is 184 Å². The average molecular weight is 478 g/mol. The van der Waals surface area contributed by atoms with Crippen molar-refractivity contribution in [2.75, 3.05) is 11.9 Å². The van der Waals surface area contributed by atoms with Crippen molar-refractivity contribution >= 4 is 56.4 Å². The Kier molecular flexibility index (Phi) is 7.29. The van der Waals surface area contributed by atoms with Gasteiger partial charge in [-0.25, -0.2) is 13.1 Å². The van der Waals surface area contributed by atoms with E-state index in [1.807, 2.05) is 0 Å². The summed E-state index contributed by atoms with van der Waals surface area (Å²) in [6.07, 6.45) is 3.70. The second kappa shape index (κ2) is 9.53. The van der Waals surface area contributed by atoms with Gasteiger partial charge in [-0.3, -0.25) is 4.79 Å². The zero-order chi connectivity index (χ0) is 21.0. The van der Waals surface area contributed by atoms with Crippen LogP contribution < -0.4 is 14.8 Å². The van der Waals surface area contributed by atoms with E-state index in [1.165, 1.54) is 24.3 Å². The lowest BCUT2D eigenvalue weighted by molar-refractivity contribution is -0.118. The summed E-state index contributed by atoms with van der Waals surface area (Å²) in [5.41, 5.74) is 0.398. The van der Waals surface area contributed by atoms with Crippen molar-refractivity contribution in [1.29, 1.82) is 0 Å². The van der Waals surface area contributed by atoms with Crippen LogP contribution in [0, 0.1) is 0 Å². The highest BCUT2D eigenvalue weighted by Gasteiger charge is 2.23. The first kappa shape index (κ1) is 22.2. The van der Waals surface area contributed by atoms with E-state index in [0.717, 1.165) is 25.7 Å². The highest BCUT2D eigenvalue weighted by atomic mass is 35.5. The van der Waals surface area contributed by atoms with Crippen molar-refractivity contribution in [3.05, 3.63) is 51.5 Å². The van der Waals surface area contributed by atoms with E-state index >= 15 is 0 Å². The lowest BCUT2D eigenvalue weighted by Gasteiger charge is -2.14. The highest BCUT2D eigenvalue weighted by Crippen LogP contribution is 2.29. The van der Waals surface area contributed by atoms with Crippen LogP contribution in [-0.2, 0) is 14.8 Å². The summed E-state index contributed by atoms with van der Waals surface area (Å²) in [7, 11) is -3.66. The van der Waals surface area contributed by atoms with Gasteiger partial charge in [-0.05, 0) is 49.2 Å². The molecule has 3 rings (SSSR count). The Hall–Kier alpha value is -1.51. The van der Waals surface area contributed by atoms with Gasteiger partial charge >= 0.3 is 0 Å². The summed E-state index contributed by atoms with van der Waals surface area (Å²) in [4.78, 5) is 12.1. The first-order valence-electron chi connectivity index (χ1n) is 8.94. The van der Waals surface area contributed by atoms with Crippen LogP contribution in [0.2, 0.25) is 15.1 Å². The third-order valence-electron chi connectivity index (χ3n) is 4.45. The molecule has 1 aliphatic carbocycles. The van der Waals surface area contributed by atoms with Crippen LogP contribution in [0.1, 0.15) is 25.7 Å². The summed E-state index contributed by atoms with van der Waals surface area (Å²) in [5.74, 6) is -0.256. The second-order valence-electron chi connectivity index (χ2n) is 6.66. The molecule has 1 aliphatic rings. The van der Waals surface area contributed by atoms with Gasteiger partial charge in [-0.1, -0.05) is 47.6 Å². The molecule has 0 saturated heterocycles. The van der Waals surface area contributed by atoms with Crippen molar-refractivity contribution < 1.29 is 17.9 Å². The van der Waals surface area contributed by atoms with Crippen molar-refractivity contribution in [2.24, 2.45) is 0 Å². The Morgan fingerprint density at radius 3 is 2.41 bits per heavy atom. The van der Waals surface area contributed by atoms with Crippen molar-refractivity contribution in [3.8, 4) is 5.75 Å². The SMILES string of the molecule is O=C(COc1ccc(S(=O)(=O)NC2CCCC2)cc1Cl)Nc1ccc(Cl)cc1Cl. The normalized spacial score (nSPS) is 14.7. The maximum Gasteiger partial charge on any atom is 0.262 e. The summed E-state index contributed by atoms with van der Waals surface area (Å²) in [6, 6.07) is 8.77. The van der Waals surface area contributed by atoms with E-state index in [0.29, 0.717) is 15.7 Å². The molecule has 2 aromatic carbocycles. The van der Waals surface area contributed by atoms with Crippen LogP contribution in [0.5, 0.6) is 5.75 Å². The van der Waals surface area contributed by atoms with E-state index in [1.54, 1.807) is 12.1 Å². The standard InChI is InChI=1S/C19H19Cl3N2O4S/c20-12-5-7-17(15(21)9-12)23-19(25)11-28-18-8-6-14(10-16(18)22)29(26,27)24-13-3-1-2-4-13/h5-10,13,24H,1-4,11H2,(H,23,25). The Morgan fingerprint density at radius 2 is 1.76 bits per heavy atom. The maximum absolute atomic E-state index is 12.5. The van der Waals surface area contributed by atoms with Gasteiger partial charge in [0.05, 0.1) is 20.6 Å². The smallest absolute Gasteiger partial charge is 0.262 e. The molecule has 6 nitrogen and oxygen atoms in total. The molecule has 156 valence electrons. The molecule has 10 heteroatoms. The molecule has 0 atom stereocenters. The molecule has 1 saturated carbocycles. The zero-order valence-corrected chi connectivity index (χ0v) is 18.3. The number of halogens is 3. The minimum Gasteiger partial charge on any atom is -0.482 e. The average Bonchev–Trinajstić information content (AvgIpc) is 3.15. The van der Waals surface area contributed by atoms with E-state index in [-0.39, 0.29) is 28.3 Å². The van der Waals surface area contributed by atoms with Crippen LogP contribution in [0.3, 0.4) is 0 Å². The molecule has 29 heavy (non-hydrogen) atoms. The van der Waals surface area contributed by atoms with E-state index < -0.39 is 15.9 Å². The molecule has 0 heterocycles. The van der Waals surface area contributed by atoms with Crippen LogP contribution in [0.25, 0.3) is 0 Å². The van der Waals surface area contributed by atoms with Crippen molar-refractivity contribution in [3.63, 3.8) is 0 Å². The zero-order valence-electron chi connectivity index (χ0n) is 15.3. The number of ether oxygens (including phenoxy) is 1. The molecule has 0 radical (unpaired) electrons. The predicted octanol–water partition coefficient (Wildman–Crippen LogP) is 4.89. The third kappa shape index (κ3) is 5.99. The fourth-order valence-electron chi connectivity index (χ4n) is 3.02. The number of benzene rings is 2. The largest absolute Gasteiger partial charge is 0.482 e. The fraction of sp³-hybridized carbons (Fsp3) is 0.316. The van der Waals surface area contributed by atoms with Gasteiger partial charge in [0.2, 0.25) is 10.0 Å². The van der Waals surface area contributed by atoms with Gasteiger partial charge in [-0.2, -0.15) is 0 Å². The summed E-state index contributed by atoms with van der Waals surface area (Å²) in [5, 5.41) is 3.45. The number of amides is 1. The van der Waals surface area contributed by atoms with Gasteiger partial charge in [0, 0.05) is 11.1 Å². The number of rotatable bonds is 7. The summed E-state index contributed by atoms with van der Waals surface area (Å²) < 4.78 is 33.1. The van der Waals surface area contributed by atoms with Gasteiger partial charge in [0.1, 0.15) is 5.75 Å². The highest BCUT2D eigenvalue weighted by molar-refractivity contribution is 7.89. The van der Waals surface area contributed by atoms with Crippen molar-refractivity contribution in [1.82, 2.24) is 4.72 Å². The first-order valence-corrected chi connectivity index (χ1v) is 11.6. The van der Waals surface area contributed by atoms with Crippen LogP contribution in [-0.4, -0.2) is 27.0 Å². The Morgan fingerprint density at radius 1 is 1.03 bits per heavy atom. The fourth-order valence-corrected chi connectivity index (χ4v) is 5.10. The molecule has 2 N–H and O–H groups in total. The van der Waals surface area contributed by atoms with E-state index in [2.05, 4.69) is 10.0 Å². The maximum atomic E-state index is 12.5. The number of carbonyl (C=O) groups excluding carboxylic acids is 1. The Bertz CT molecular complexity index is 1010. The van der Waals surface area contributed by atoms with Crippen LogP contribution in [0.4, 0.5) is 5.69 Å². The predicted molar refractivity (Wildman–Crippen MR) is 115 cm³/mol. The molecule has 0 aromatic heterocycles. The minimum atomic E-state index is -3.66. The number of hydrogen-bond donors (Lipinski definition) is 2. The van der Waals surface area contributed by atoms with Crippen LogP contribution in [0.15, 0.2) is 41.3 Å². The third-order valence-corrected chi connectivity index (χ3v) is 6.82. The van der Waals surface area contributed by atoms with E-state index in [4.69, 9.17) is 39.5 Å². The van der Waals surface area contributed by atoms with Gasteiger partial charge < -0.3 is 10.1 Å². The number of sulfonamides is 1.